The lowest BCUT2D eigenvalue weighted by Gasteiger charge is -2.16. The second kappa shape index (κ2) is 4.57. The van der Waals surface area contributed by atoms with Gasteiger partial charge in [0.2, 0.25) is 5.91 Å². The summed E-state index contributed by atoms with van der Waals surface area (Å²) in [5.74, 6) is -0.207. The number of halogens is 1. The van der Waals surface area contributed by atoms with Gasteiger partial charge in [-0.15, -0.1) is 0 Å². The summed E-state index contributed by atoms with van der Waals surface area (Å²) in [6, 6.07) is 1.65. The summed E-state index contributed by atoms with van der Waals surface area (Å²) in [5, 5.41) is 0. The fraction of sp³-hybridized carbons (Fsp3) is 0.455. The molecule has 0 N–H and O–H groups in total. The van der Waals surface area contributed by atoms with Crippen molar-refractivity contribution in [3.8, 4) is 0 Å². The van der Waals surface area contributed by atoms with E-state index in [0.29, 0.717) is 31.9 Å². The fourth-order valence-corrected chi connectivity index (χ4v) is 1.82. The summed E-state index contributed by atoms with van der Waals surface area (Å²) in [6.45, 7) is 4.05. The average molecular weight is 223 g/mol. The van der Waals surface area contributed by atoms with Crippen LogP contribution in [0.25, 0.3) is 0 Å². The largest absolute Gasteiger partial charge is 0.329 e. The van der Waals surface area contributed by atoms with Crippen molar-refractivity contribution in [2.75, 3.05) is 19.8 Å². The molecule has 1 fully saturated rings. The van der Waals surface area contributed by atoms with Crippen LogP contribution in [0.5, 0.6) is 0 Å². The molecule has 1 aliphatic heterocycles. The molecule has 86 valence electrons. The van der Waals surface area contributed by atoms with Gasteiger partial charge < -0.3 is 4.90 Å². The molecule has 0 unspecified atom stereocenters. The summed E-state index contributed by atoms with van der Waals surface area (Å²) >= 11 is 0. The lowest BCUT2D eigenvalue weighted by molar-refractivity contribution is -0.126. The monoisotopic (exact) mass is 223 g/mol. The van der Waals surface area contributed by atoms with Gasteiger partial charge in [0.15, 0.2) is 0 Å². The van der Waals surface area contributed by atoms with Crippen molar-refractivity contribution in [2.45, 2.75) is 13.5 Å². The molecule has 0 spiro atoms. The number of aromatic nitrogens is 1. The van der Waals surface area contributed by atoms with Crippen LogP contribution < -0.4 is 0 Å². The Morgan fingerprint density at radius 1 is 1.56 bits per heavy atom. The van der Waals surface area contributed by atoms with Crippen molar-refractivity contribution < 1.29 is 9.18 Å². The number of pyridine rings is 1. The summed E-state index contributed by atoms with van der Waals surface area (Å²) in [7, 11) is 0. The van der Waals surface area contributed by atoms with Crippen LogP contribution in [0.4, 0.5) is 4.39 Å². The number of carbonyl (C=O) groups is 1. The SMILES string of the molecule is CCN1CN(Cc2ccncc2F)CC1=O. The van der Waals surface area contributed by atoms with Gasteiger partial charge in [-0.1, -0.05) is 0 Å². The van der Waals surface area contributed by atoms with E-state index in [0.717, 1.165) is 0 Å². The Kier molecular flexibility index (Phi) is 3.14. The molecule has 2 heterocycles. The van der Waals surface area contributed by atoms with Gasteiger partial charge in [-0.2, -0.15) is 0 Å². The smallest absolute Gasteiger partial charge is 0.237 e. The van der Waals surface area contributed by atoms with Crippen LogP contribution in [0, 0.1) is 5.82 Å². The van der Waals surface area contributed by atoms with Crippen LogP contribution in [0.15, 0.2) is 18.5 Å². The highest BCUT2D eigenvalue weighted by molar-refractivity contribution is 5.79. The van der Waals surface area contributed by atoms with Crippen LogP contribution in [0.2, 0.25) is 0 Å². The van der Waals surface area contributed by atoms with Crippen LogP contribution in [0.3, 0.4) is 0 Å². The zero-order valence-corrected chi connectivity index (χ0v) is 9.19. The van der Waals surface area contributed by atoms with E-state index in [2.05, 4.69) is 4.98 Å². The van der Waals surface area contributed by atoms with E-state index in [4.69, 9.17) is 0 Å². The van der Waals surface area contributed by atoms with Gasteiger partial charge in [-0.3, -0.25) is 14.7 Å². The predicted octanol–water partition coefficient (Wildman–Crippen LogP) is 0.842. The van der Waals surface area contributed by atoms with Crippen molar-refractivity contribution in [2.24, 2.45) is 0 Å². The first-order valence-electron chi connectivity index (χ1n) is 5.29. The summed E-state index contributed by atoms with van der Waals surface area (Å²) < 4.78 is 13.3. The molecule has 0 aromatic carbocycles. The second-order valence-electron chi connectivity index (χ2n) is 3.85. The minimum Gasteiger partial charge on any atom is -0.329 e. The van der Waals surface area contributed by atoms with Gasteiger partial charge in [0.05, 0.1) is 19.4 Å². The molecule has 0 atom stereocenters. The van der Waals surface area contributed by atoms with Gasteiger partial charge >= 0.3 is 0 Å². The minimum absolute atomic E-state index is 0.108. The van der Waals surface area contributed by atoms with Crippen LogP contribution in [-0.4, -0.2) is 40.4 Å². The van der Waals surface area contributed by atoms with Crippen LogP contribution in [0.1, 0.15) is 12.5 Å². The second-order valence-corrected chi connectivity index (χ2v) is 3.85. The van der Waals surface area contributed by atoms with Crippen LogP contribution in [-0.2, 0) is 11.3 Å². The molecule has 1 saturated heterocycles. The number of nitrogens with zero attached hydrogens (tertiary/aromatic N) is 3. The Bertz CT molecular complexity index is 397. The predicted molar refractivity (Wildman–Crippen MR) is 56.9 cm³/mol. The van der Waals surface area contributed by atoms with Gasteiger partial charge in [0.1, 0.15) is 5.82 Å². The van der Waals surface area contributed by atoms with Crippen LogP contribution >= 0.6 is 0 Å². The van der Waals surface area contributed by atoms with E-state index in [-0.39, 0.29) is 11.7 Å². The van der Waals surface area contributed by atoms with E-state index in [1.54, 1.807) is 17.2 Å². The Balaban J connectivity index is 2.02. The number of carbonyl (C=O) groups excluding carboxylic acids is 1. The number of rotatable bonds is 3. The van der Waals surface area contributed by atoms with Crippen molar-refractivity contribution in [3.63, 3.8) is 0 Å². The van der Waals surface area contributed by atoms with Gasteiger partial charge in [-0.05, 0) is 13.0 Å². The maximum atomic E-state index is 13.3. The Morgan fingerprint density at radius 3 is 3.00 bits per heavy atom. The number of hydrogen-bond donors (Lipinski definition) is 0. The molecular weight excluding hydrogens is 209 g/mol. The highest BCUT2D eigenvalue weighted by Crippen LogP contribution is 2.13. The molecular formula is C11H14FN3O. The molecule has 4 nitrogen and oxygen atoms in total. The molecule has 16 heavy (non-hydrogen) atoms. The number of amides is 1. The third kappa shape index (κ3) is 2.19. The van der Waals surface area contributed by atoms with E-state index in [1.807, 2.05) is 11.8 Å². The molecule has 0 saturated carbocycles. The normalized spacial score (nSPS) is 17.1. The summed E-state index contributed by atoms with van der Waals surface area (Å²) in [6.07, 6.45) is 2.76. The molecule has 1 aromatic heterocycles. The molecule has 5 heteroatoms. The van der Waals surface area contributed by atoms with Crippen molar-refractivity contribution in [1.29, 1.82) is 0 Å². The average Bonchev–Trinajstić information content (AvgIpc) is 2.62. The van der Waals surface area contributed by atoms with E-state index in [9.17, 15) is 9.18 Å². The summed E-state index contributed by atoms with van der Waals surface area (Å²) in [4.78, 5) is 18.8. The number of likely N-dealkylation sites (N-methyl/N-ethyl adjacent to an activating group) is 1. The molecule has 1 amide bonds. The first-order chi connectivity index (χ1) is 7.70. The highest BCUT2D eigenvalue weighted by atomic mass is 19.1. The molecule has 0 radical (unpaired) electrons. The lowest BCUT2D eigenvalue weighted by atomic mass is 10.2. The van der Waals surface area contributed by atoms with Gasteiger partial charge in [-0.25, -0.2) is 4.39 Å². The Morgan fingerprint density at radius 2 is 2.38 bits per heavy atom. The van der Waals surface area contributed by atoms with Crippen molar-refractivity contribution in [3.05, 3.63) is 29.8 Å². The molecule has 2 rings (SSSR count). The quantitative estimate of drug-likeness (QED) is 0.762. The molecule has 1 aliphatic rings. The summed E-state index contributed by atoms with van der Waals surface area (Å²) in [5.41, 5.74) is 0.584. The topological polar surface area (TPSA) is 36.4 Å². The first kappa shape index (κ1) is 11.0. The van der Waals surface area contributed by atoms with Crippen molar-refractivity contribution >= 4 is 5.91 Å². The van der Waals surface area contributed by atoms with E-state index < -0.39 is 0 Å². The molecule has 0 bridgehead atoms. The highest BCUT2D eigenvalue weighted by Gasteiger charge is 2.26. The Hall–Kier alpha value is -1.49. The maximum absolute atomic E-state index is 13.3. The third-order valence-corrected chi connectivity index (χ3v) is 2.71. The van der Waals surface area contributed by atoms with Gasteiger partial charge in [0, 0.05) is 24.8 Å². The first-order valence-corrected chi connectivity index (χ1v) is 5.29. The maximum Gasteiger partial charge on any atom is 0.237 e. The number of hydrogen-bond acceptors (Lipinski definition) is 3. The zero-order chi connectivity index (χ0) is 11.5. The minimum atomic E-state index is -0.315. The molecule has 1 aromatic rings. The lowest BCUT2D eigenvalue weighted by Crippen LogP contribution is -2.26. The fourth-order valence-electron chi connectivity index (χ4n) is 1.82. The zero-order valence-electron chi connectivity index (χ0n) is 9.19. The van der Waals surface area contributed by atoms with Gasteiger partial charge in [0.25, 0.3) is 0 Å². The molecule has 0 aliphatic carbocycles. The third-order valence-electron chi connectivity index (χ3n) is 2.71. The van der Waals surface area contributed by atoms with E-state index in [1.165, 1.54) is 6.20 Å². The van der Waals surface area contributed by atoms with Crippen molar-refractivity contribution in [1.82, 2.24) is 14.8 Å². The van der Waals surface area contributed by atoms with E-state index >= 15 is 0 Å². The Labute approximate surface area is 93.7 Å². The standard InChI is InChI=1S/C11H14FN3O/c1-2-15-8-14(7-11(15)16)6-9-3-4-13-5-10(9)12/h3-5H,2,6-8H2,1H3.